The molecule has 0 spiro atoms. The Labute approximate surface area is 108 Å². The molecule has 19 heavy (non-hydrogen) atoms. The van der Waals surface area contributed by atoms with Gasteiger partial charge in [-0.1, -0.05) is 18.7 Å². The number of hydrogen-bond donors (Lipinski definition) is 3. The summed E-state index contributed by atoms with van der Waals surface area (Å²) in [5, 5.41) is 10.6. The van der Waals surface area contributed by atoms with Gasteiger partial charge in [-0.3, -0.25) is 4.79 Å². The number of nitrogens with one attached hydrogen (secondary N) is 1. The number of carboxylic acid groups (broad SMARTS) is 1. The molecule has 0 saturated heterocycles. The SMILES string of the molecule is C=C/C=c1/c(=O)[nH]c2cc(C(=O)O)ccc2/c1=C/N. The third-order valence-electron chi connectivity index (χ3n) is 2.79. The van der Waals surface area contributed by atoms with Gasteiger partial charge in [-0.2, -0.15) is 0 Å². The largest absolute Gasteiger partial charge is 0.478 e. The van der Waals surface area contributed by atoms with Gasteiger partial charge in [0.25, 0.3) is 5.56 Å². The maximum Gasteiger partial charge on any atom is 0.335 e. The first kappa shape index (κ1) is 12.6. The molecule has 0 unspecified atom stereocenters. The second-order valence-corrected chi connectivity index (χ2v) is 3.92. The maximum atomic E-state index is 11.9. The van der Waals surface area contributed by atoms with Gasteiger partial charge in [0.1, 0.15) is 0 Å². The highest BCUT2D eigenvalue weighted by Gasteiger charge is 2.06. The predicted octanol–water partition coefficient (Wildman–Crippen LogP) is -0.110. The highest BCUT2D eigenvalue weighted by atomic mass is 16.4. The molecule has 4 N–H and O–H groups in total. The van der Waals surface area contributed by atoms with Crippen molar-refractivity contribution in [2.45, 2.75) is 0 Å². The van der Waals surface area contributed by atoms with Crippen LogP contribution in [-0.2, 0) is 0 Å². The number of benzene rings is 1. The minimum absolute atomic E-state index is 0.103. The van der Waals surface area contributed by atoms with Crippen LogP contribution in [0.1, 0.15) is 10.4 Å². The molecule has 1 aromatic heterocycles. The van der Waals surface area contributed by atoms with Gasteiger partial charge in [-0.25, -0.2) is 4.79 Å². The number of carboxylic acids is 1. The lowest BCUT2D eigenvalue weighted by atomic mass is 10.1. The van der Waals surface area contributed by atoms with Gasteiger partial charge in [0.15, 0.2) is 0 Å². The van der Waals surface area contributed by atoms with Crippen molar-refractivity contribution in [3.63, 3.8) is 0 Å². The zero-order valence-corrected chi connectivity index (χ0v) is 10.0. The standard InChI is InChI=1S/C14H12N2O3/c1-2-3-10-11(7-15)9-5-4-8(14(18)19)6-12(9)16-13(10)17/h2-7H,1,15H2,(H,16,17)(H,18,19)/b10-3+,11-7-. The molecule has 5 heteroatoms. The number of pyridine rings is 1. The van der Waals surface area contributed by atoms with Crippen LogP contribution < -0.4 is 21.7 Å². The predicted molar refractivity (Wildman–Crippen MR) is 74.1 cm³/mol. The summed E-state index contributed by atoms with van der Waals surface area (Å²) in [5.74, 6) is -1.05. The first-order valence-electron chi connectivity index (χ1n) is 5.52. The van der Waals surface area contributed by atoms with Crippen LogP contribution in [-0.4, -0.2) is 16.1 Å². The summed E-state index contributed by atoms with van der Waals surface area (Å²) in [7, 11) is 0. The van der Waals surface area contributed by atoms with Crippen LogP contribution in [0, 0.1) is 0 Å². The summed E-state index contributed by atoms with van der Waals surface area (Å²) in [4.78, 5) is 25.5. The number of H-pyrrole nitrogens is 1. The van der Waals surface area contributed by atoms with E-state index in [1.165, 1.54) is 24.4 Å². The molecule has 0 aliphatic rings. The van der Waals surface area contributed by atoms with Gasteiger partial charge in [0, 0.05) is 27.5 Å². The molecule has 0 amide bonds. The van der Waals surface area contributed by atoms with E-state index in [-0.39, 0.29) is 11.1 Å². The van der Waals surface area contributed by atoms with E-state index in [4.69, 9.17) is 10.8 Å². The van der Waals surface area contributed by atoms with E-state index in [0.717, 1.165) is 0 Å². The summed E-state index contributed by atoms with van der Waals surface area (Å²) < 4.78 is 0. The Hall–Kier alpha value is -2.82. The molecule has 0 radical (unpaired) electrons. The van der Waals surface area contributed by atoms with E-state index < -0.39 is 5.97 Å². The van der Waals surface area contributed by atoms with Gasteiger partial charge in [-0.05, 0) is 18.2 Å². The van der Waals surface area contributed by atoms with Crippen LogP contribution in [0.3, 0.4) is 0 Å². The molecule has 0 aliphatic carbocycles. The van der Waals surface area contributed by atoms with Gasteiger partial charge >= 0.3 is 5.97 Å². The molecule has 2 rings (SSSR count). The smallest absolute Gasteiger partial charge is 0.335 e. The van der Waals surface area contributed by atoms with Gasteiger partial charge in [0.05, 0.1) is 5.56 Å². The van der Waals surface area contributed by atoms with Crippen LogP contribution in [0.4, 0.5) is 0 Å². The van der Waals surface area contributed by atoms with Crippen LogP contribution >= 0.6 is 0 Å². The van der Waals surface area contributed by atoms with E-state index in [1.54, 1.807) is 12.1 Å². The molecular formula is C14H12N2O3. The summed E-state index contributed by atoms with van der Waals surface area (Å²) in [5.41, 5.74) is 5.76. The maximum absolute atomic E-state index is 11.9. The molecule has 1 aromatic carbocycles. The number of nitrogens with two attached hydrogens (primary N) is 1. The Bertz CT molecular complexity index is 847. The second kappa shape index (κ2) is 4.81. The summed E-state index contributed by atoms with van der Waals surface area (Å²) in [6, 6.07) is 4.49. The molecule has 0 fully saturated rings. The van der Waals surface area contributed by atoms with E-state index in [9.17, 15) is 9.59 Å². The topological polar surface area (TPSA) is 96.2 Å². The number of rotatable bonds is 2. The Balaban J connectivity index is 3.03. The normalized spacial score (nSPS) is 12.8. The molecule has 0 atom stereocenters. The van der Waals surface area contributed by atoms with Gasteiger partial charge in [-0.15, -0.1) is 0 Å². The average molecular weight is 256 g/mol. The van der Waals surface area contributed by atoms with Crippen LogP contribution in [0.25, 0.3) is 23.2 Å². The Morgan fingerprint density at radius 2 is 2.11 bits per heavy atom. The number of aromatic carboxylic acids is 1. The van der Waals surface area contributed by atoms with Crippen molar-refractivity contribution in [3.8, 4) is 0 Å². The van der Waals surface area contributed by atoms with Crippen molar-refractivity contribution in [2.24, 2.45) is 5.73 Å². The minimum atomic E-state index is -1.05. The van der Waals surface area contributed by atoms with Crippen LogP contribution in [0.15, 0.2) is 35.6 Å². The molecule has 0 saturated carbocycles. The van der Waals surface area contributed by atoms with E-state index in [0.29, 0.717) is 21.3 Å². The molecule has 2 aromatic rings. The lowest BCUT2D eigenvalue weighted by Gasteiger charge is -2.01. The molecule has 0 aliphatic heterocycles. The fourth-order valence-corrected chi connectivity index (χ4v) is 1.94. The summed E-state index contributed by atoms with van der Waals surface area (Å²) in [6.07, 6.45) is 4.38. The average Bonchev–Trinajstić information content (AvgIpc) is 2.39. The summed E-state index contributed by atoms with van der Waals surface area (Å²) in [6.45, 7) is 3.55. The number of carbonyl (C=O) groups is 1. The third-order valence-corrected chi connectivity index (χ3v) is 2.79. The zero-order valence-electron chi connectivity index (χ0n) is 10.0. The molecule has 96 valence electrons. The van der Waals surface area contributed by atoms with Gasteiger partial charge < -0.3 is 15.8 Å². The molecule has 5 nitrogen and oxygen atoms in total. The van der Waals surface area contributed by atoms with Gasteiger partial charge in [0.2, 0.25) is 0 Å². The van der Waals surface area contributed by atoms with Crippen molar-refractivity contribution in [1.29, 1.82) is 0 Å². The van der Waals surface area contributed by atoms with Crippen molar-refractivity contribution < 1.29 is 9.90 Å². The van der Waals surface area contributed by atoms with Crippen molar-refractivity contribution in [2.75, 3.05) is 0 Å². The zero-order chi connectivity index (χ0) is 14.0. The highest BCUT2D eigenvalue weighted by molar-refractivity contribution is 5.93. The molecule has 1 heterocycles. The van der Waals surface area contributed by atoms with Crippen molar-refractivity contribution in [1.82, 2.24) is 4.98 Å². The fraction of sp³-hybridized carbons (Fsp3) is 0. The van der Waals surface area contributed by atoms with E-state index in [1.807, 2.05) is 0 Å². The number of hydrogen-bond acceptors (Lipinski definition) is 3. The third kappa shape index (κ3) is 2.13. The van der Waals surface area contributed by atoms with Crippen molar-refractivity contribution >= 4 is 29.1 Å². The number of aromatic nitrogens is 1. The number of aromatic amines is 1. The number of allylic oxidation sites excluding steroid dienone is 1. The summed E-state index contributed by atoms with van der Waals surface area (Å²) >= 11 is 0. The highest BCUT2D eigenvalue weighted by Crippen LogP contribution is 2.08. The Morgan fingerprint density at radius 3 is 2.68 bits per heavy atom. The van der Waals surface area contributed by atoms with Crippen molar-refractivity contribution in [3.05, 3.63) is 57.2 Å². The fourth-order valence-electron chi connectivity index (χ4n) is 1.94. The lowest BCUT2D eigenvalue weighted by Crippen LogP contribution is -2.41. The lowest BCUT2D eigenvalue weighted by molar-refractivity contribution is 0.0697. The quantitative estimate of drug-likeness (QED) is 0.698. The monoisotopic (exact) mass is 256 g/mol. The second-order valence-electron chi connectivity index (χ2n) is 3.92. The Morgan fingerprint density at radius 1 is 1.37 bits per heavy atom. The van der Waals surface area contributed by atoms with E-state index in [2.05, 4.69) is 11.6 Å². The molecular weight excluding hydrogens is 244 g/mol. The minimum Gasteiger partial charge on any atom is -0.478 e. The van der Waals surface area contributed by atoms with Crippen LogP contribution in [0.2, 0.25) is 0 Å². The first-order chi connectivity index (χ1) is 9.08. The molecule has 0 bridgehead atoms. The van der Waals surface area contributed by atoms with Crippen LogP contribution in [0.5, 0.6) is 0 Å². The first-order valence-corrected chi connectivity index (χ1v) is 5.52. The number of fused-ring (bicyclic) bond motifs is 1. The Kier molecular flexibility index (Phi) is 3.20. The van der Waals surface area contributed by atoms with E-state index >= 15 is 0 Å².